The van der Waals surface area contributed by atoms with E-state index in [-0.39, 0.29) is 5.69 Å². The van der Waals surface area contributed by atoms with Gasteiger partial charge >= 0.3 is 5.69 Å². The number of benzene rings is 1. The van der Waals surface area contributed by atoms with Gasteiger partial charge < -0.3 is 0 Å². The fraction of sp³-hybridized carbons (Fsp3) is 0.0833. The first-order valence-electron chi connectivity index (χ1n) is 5.40. The molecule has 0 atom stereocenters. The van der Waals surface area contributed by atoms with Gasteiger partial charge in [-0.25, -0.2) is 19.3 Å². The van der Waals surface area contributed by atoms with Crippen molar-refractivity contribution in [2.75, 3.05) is 0 Å². The fourth-order valence-corrected chi connectivity index (χ4v) is 2.65. The number of fused-ring (bicyclic) bond motifs is 1. The molecule has 5 nitrogen and oxygen atoms in total. The lowest BCUT2D eigenvalue weighted by Gasteiger charge is -2.02. The third-order valence-corrected chi connectivity index (χ3v) is 3.48. The highest BCUT2D eigenvalue weighted by atomic mass is 32.2. The zero-order valence-corrected chi connectivity index (χ0v) is 10.4. The zero-order valence-electron chi connectivity index (χ0n) is 9.62. The van der Waals surface area contributed by atoms with Crippen LogP contribution >= 0.6 is 11.8 Å². The summed E-state index contributed by atoms with van der Waals surface area (Å²) in [6, 6.07) is 8.11. The monoisotopic (exact) mass is 258 g/mol. The van der Waals surface area contributed by atoms with Crippen LogP contribution in [-0.4, -0.2) is 19.6 Å². The van der Waals surface area contributed by atoms with Crippen LogP contribution in [0, 0.1) is 6.92 Å². The molecule has 0 unspecified atom stereocenters. The van der Waals surface area contributed by atoms with E-state index in [9.17, 15) is 4.79 Å². The van der Waals surface area contributed by atoms with Crippen molar-refractivity contribution in [3.05, 3.63) is 52.7 Å². The molecule has 2 aromatic heterocycles. The van der Waals surface area contributed by atoms with Crippen molar-refractivity contribution in [1.29, 1.82) is 0 Å². The summed E-state index contributed by atoms with van der Waals surface area (Å²) < 4.78 is 1.45. The maximum atomic E-state index is 11.4. The van der Waals surface area contributed by atoms with Crippen LogP contribution in [0.1, 0.15) is 5.56 Å². The van der Waals surface area contributed by atoms with Gasteiger partial charge in [0.25, 0.3) is 0 Å². The molecule has 18 heavy (non-hydrogen) atoms. The summed E-state index contributed by atoms with van der Waals surface area (Å²) in [5.74, 6) is 0. The second-order valence-corrected chi connectivity index (χ2v) is 4.94. The summed E-state index contributed by atoms with van der Waals surface area (Å²) in [6.07, 6.45) is 3.20. The van der Waals surface area contributed by atoms with Crippen molar-refractivity contribution in [2.24, 2.45) is 0 Å². The number of H-pyrrole nitrogens is 1. The molecule has 0 spiro atoms. The van der Waals surface area contributed by atoms with E-state index >= 15 is 0 Å². The van der Waals surface area contributed by atoms with Gasteiger partial charge in [0.2, 0.25) is 0 Å². The molecule has 0 fully saturated rings. The van der Waals surface area contributed by atoms with Gasteiger partial charge in [0.15, 0.2) is 5.65 Å². The lowest BCUT2D eigenvalue weighted by atomic mass is 10.2. The van der Waals surface area contributed by atoms with E-state index in [0.717, 1.165) is 4.90 Å². The van der Waals surface area contributed by atoms with Crippen LogP contribution in [-0.2, 0) is 0 Å². The molecule has 0 aliphatic carbocycles. The van der Waals surface area contributed by atoms with E-state index in [1.165, 1.54) is 21.7 Å². The minimum absolute atomic E-state index is 0.251. The van der Waals surface area contributed by atoms with Gasteiger partial charge in [-0.3, -0.25) is 0 Å². The first-order chi connectivity index (χ1) is 8.74. The van der Waals surface area contributed by atoms with Crippen LogP contribution in [0.4, 0.5) is 0 Å². The smallest absolute Gasteiger partial charge is 0.247 e. The van der Waals surface area contributed by atoms with Crippen molar-refractivity contribution in [3.8, 4) is 0 Å². The molecule has 0 bridgehead atoms. The van der Waals surface area contributed by atoms with Gasteiger partial charge in [0.1, 0.15) is 5.03 Å². The molecule has 0 saturated carbocycles. The van der Waals surface area contributed by atoms with Crippen LogP contribution in [0.5, 0.6) is 0 Å². The van der Waals surface area contributed by atoms with E-state index in [4.69, 9.17) is 0 Å². The number of rotatable bonds is 2. The summed E-state index contributed by atoms with van der Waals surface area (Å²) in [5, 5.41) is 7.11. The normalized spacial score (nSPS) is 10.9. The Balaban J connectivity index is 2.07. The van der Waals surface area contributed by atoms with Crippen molar-refractivity contribution >= 4 is 17.4 Å². The standard InChI is InChI=1S/C12H10N4OS/c1-8-3-2-4-9(7-8)18-11-10-14-15-12(17)16(10)6-5-13-11/h2-7H,1H3,(H,15,17). The molecular weight excluding hydrogens is 248 g/mol. The summed E-state index contributed by atoms with van der Waals surface area (Å²) in [6.45, 7) is 2.04. The van der Waals surface area contributed by atoms with Crippen LogP contribution < -0.4 is 5.69 Å². The van der Waals surface area contributed by atoms with Crippen LogP contribution in [0.25, 0.3) is 5.65 Å². The van der Waals surface area contributed by atoms with Crippen molar-refractivity contribution in [3.63, 3.8) is 0 Å². The zero-order chi connectivity index (χ0) is 12.5. The van der Waals surface area contributed by atoms with Crippen LogP contribution in [0.3, 0.4) is 0 Å². The van der Waals surface area contributed by atoms with Gasteiger partial charge in [-0.1, -0.05) is 29.5 Å². The highest BCUT2D eigenvalue weighted by molar-refractivity contribution is 7.99. The minimum Gasteiger partial charge on any atom is -0.247 e. The Bertz CT molecular complexity index is 762. The number of nitrogens with zero attached hydrogens (tertiary/aromatic N) is 3. The summed E-state index contributed by atoms with van der Waals surface area (Å²) in [7, 11) is 0. The first kappa shape index (κ1) is 11.0. The number of hydrogen-bond donors (Lipinski definition) is 1. The lowest BCUT2D eigenvalue weighted by molar-refractivity contribution is 0.999. The SMILES string of the molecule is Cc1cccc(Sc2nccn3c(=O)[nH]nc23)c1. The maximum absolute atomic E-state index is 11.4. The predicted molar refractivity (Wildman–Crippen MR) is 68.9 cm³/mol. The number of aromatic nitrogens is 4. The van der Waals surface area contributed by atoms with Crippen molar-refractivity contribution < 1.29 is 0 Å². The number of aryl methyl sites for hydroxylation is 1. The molecule has 0 aliphatic heterocycles. The van der Waals surface area contributed by atoms with Gasteiger partial charge in [-0.15, -0.1) is 5.10 Å². The molecule has 3 rings (SSSR count). The molecule has 90 valence electrons. The first-order valence-corrected chi connectivity index (χ1v) is 6.22. The number of nitrogens with one attached hydrogen (secondary N) is 1. The largest absolute Gasteiger partial charge is 0.347 e. The van der Waals surface area contributed by atoms with Gasteiger partial charge in [0.05, 0.1) is 0 Å². The molecule has 3 aromatic rings. The molecular formula is C12H10N4OS. The summed E-state index contributed by atoms with van der Waals surface area (Å²) >= 11 is 1.49. The van der Waals surface area contributed by atoms with E-state index in [2.05, 4.69) is 21.2 Å². The van der Waals surface area contributed by atoms with E-state index in [1.54, 1.807) is 12.4 Å². The lowest BCUT2D eigenvalue weighted by Crippen LogP contribution is -2.08. The van der Waals surface area contributed by atoms with E-state index in [1.807, 2.05) is 25.1 Å². The van der Waals surface area contributed by atoms with Gasteiger partial charge in [0, 0.05) is 17.3 Å². The summed E-state index contributed by atoms with van der Waals surface area (Å²) in [5.41, 5.74) is 1.49. The molecule has 1 aromatic carbocycles. The Labute approximate surface area is 107 Å². The Kier molecular flexibility index (Phi) is 2.64. The molecule has 2 heterocycles. The molecule has 0 aliphatic rings. The maximum Gasteiger partial charge on any atom is 0.347 e. The highest BCUT2D eigenvalue weighted by Gasteiger charge is 2.08. The molecule has 1 N–H and O–H groups in total. The fourth-order valence-electron chi connectivity index (χ4n) is 1.68. The van der Waals surface area contributed by atoms with E-state index in [0.29, 0.717) is 10.7 Å². The molecule has 6 heteroatoms. The van der Waals surface area contributed by atoms with E-state index < -0.39 is 0 Å². The average Bonchev–Trinajstić information content (AvgIpc) is 2.73. The molecule has 0 saturated heterocycles. The third kappa shape index (κ3) is 1.91. The van der Waals surface area contributed by atoms with Crippen molar-refractivity contribution in [2.45, 2.75) is 16.8 Å². The van der Waals surface area contributed by atoms with Crippen LogP contribution in [0.2, 0.25) is 0 Å². The minimum atomic E-state index is -0.251. The second kappa shape index (κ2) is 4.30. The van der Waals surface area contributed by atoms with Gasteiger partial charge in [-0.2, -0.15) is 0 Å². The average molecular weight is 258 g/mol. The number of hydrogen-bond acceptors (Lipinski definition) is 4. The van der Waals surface area contributed by atoms with Gasteiger partial charge in [-0.05, 0) is 19.1 Å². The summed E-state index contributed by atoms with van der Waals surface area (Å²) in [4.78, 5) is 16.8. The van der Waals surface area contributed by atoms with Crippen LogP contribution in [0.15, 0.2) is 51.4 Å². The second-order valence-electron chi connectivity index (χ2n) is 3.87. The number of aromatic amines is 1. The Hall–Kier alpha value is -2.08. The third-order valence-electron chi connectivity index (χ3n) is 2.51. The Morgan fingerprint density at radius 2 is 2.28 bits per heavy atom. The Morgan fingerprint density at radius 3 is 3.11 bits per heavy atom. The quantitative estimate of drug-likeness (QED) is 0.762. The molecule has 0 amide bonds. The topological polar surface area (TPSA) is 63.1 Å². The molecule has 0 radical (unpaired) electrons. The predicted octanol–water partition coefficient (Wildman–Crippen LogP) is 1.88. The highest BCUT2D eigenvalue weighted by Crippen LogP contribution is 2.28. The Morgan fingerprint density at radius 1 is 1.39 bits per heavy atom. The van der Waals surface area contributed by atoms with Crippen molar-refractivity contribution in [1.82, 2.24) is 19.6 Å².